The molecule has 0 aliphatic rings. The predicted molar refractivity (Wildman–Crippen MR) is 115 cm³/mol. The third kappa shape index (κ3) is 4.50. The maximum atomic E-state index is 12.6. The zero-order valence-corrected chi connectivity index (χ0v) is 17.6. The van der Waals surface area contributed by atoms with Gasteiger partial charge in [0.15, 0.2) is 5.16 Å². The van der Waals surface area contributed by atoms with Crippen LogP contribution in [0.3, 0.4) is 0 Å². The van der Waals surface area contributed by atoms with Crippen LogP contribution < -0.4 is 10.1 Å². The number of carbonyl (C=O) groups is 1. The summed E-state index contributed by atoms with van der Waals surface area (Å²) < 4.78 is 7.37. The number of hydrogen-bond acceptors (Lipinski definition) is 4. The van der Waals surface area contributed by atoms with E-state index in [0.29, 0.717) is 5.75 Å². The second-order valence-corrected chi connectivity index (χ2v) is 7.92. The molecule has 3 aromatic rings. The van der Waals surface area contributed by atoms with Crippen molar-refractivity contribution in [1.82, 2.24) is 14.9 Å². The van der Waals surface area contributed by atoms with E-state index in [2.05, 4.69) is 41.7 Å². The lowest BCUT2D eigenvalue weighted by Crippen LogP contribution is -2.33. The highest BCUT2D eigenvalue weighted by Gasteiger charge is 2.19. The average Bonchev–Trinajstić information content (AvgIpc) is 3.08. The number of nitrogens with one attached hydrogen (secondary N) is 1. The van der Waals surface area contributed by atoms with E-state index in [0.717, 1.165) is 34.0 Å². The average molecular weight is 398 g/mol. The lowest BCUT2D eigenvalue weighted by atomic mass is 9.96. The van der Waals surface area contributed by atoms with E-state index in [1.165, 1.54) is 11.8 Å². The Bertz CT molecular complexity index is 935. The number of ether oxygens (including phenoxy) is 1. The number of amides is 1. The van der Waals surface area contributed by atoms with E-state index in [1.807, 2.05) is 42.5 Å². The van der Waals surface area contributed by atoms with Gasteiger partial charge in [0.1, 0.15) is 5.75 Å². The van der Waals surface area contributed by atoms with Gasteiger partial charge in [-0.1, -0.05) is 49.9 Å². The first kappa shape index (κ1) is 20.3. The summed E-state index contributed by atoms with van der Waals surface area (Å²) in [6.45, 7) is 7.14. The summed E-state index contributed by atoms with van der Waals surface area (Å²) in [6.07, 6.45) is 0. The summed E-state index contributed by atoms with van der Waals surface area (Å²) in [5, 5.41) is 4.05. The van der Waals surface area contributed by atoms with Gasteiger partial charge in [-0.15, -0.1) is 0 Å². The quantitative estimate of drug-likeness (QED) is 0.561. The molecule has 5 nitrogen and oxygen atoms in total. The molecule has 3 rings (SSSR count). The Balaban J connectivity index is 1.68. The number of benzene rings is 2. The van der Waals surface area contributed by atoms with Gasteiger partial charge in [0.05, 0.1) is 29.9 Å². The molecular formula is C22H27N3O2S. The monoisotopic (exact) mass is 397 g/mol. The predicted octanol–water partition coefficient (Wildman–Crippen LogP) is 4.67. The molecule has 0 fully saturated rings. The Kier molecular flexibility index (Phi) is 6.62. The van der Waals surface area contributed by atoms with Gasteiger partial charge in [-0.25, -0.2) is 4.98 Å². The molecule has 6 heteroatoms. The van der Waals surface area contributed by atoms with Crippen molar-refractivity contribution in [3.05, 3.63) is 54.1 Å². The van der Waals surface area contributed by atoms with E-state index in [-0.39, 0.29) is 17.9 Å². The highest BCUT2D eigenvalue weighted by atomic mass is 32.2. The fraction of sp³-hybridized carbons (Fsp3) is 0.364. The molecule has 1 amide bonds. The number of rotatable bonds is 8. The Labute approximate surface area is 170 Å². The summed E-state index contributed by atoms with van der Waals surface area (Å²) in [6, 6.07) is 15.9. The van der Waals surface area contributed by atoms with Crippen molar-refractivity contribution >= 4 is 28.7 Å². The molecule has 0 aliphatic carbocycles. The summed E-state index contributed by atoms with van der Waals surface area (Å²) in [5.74, 6) is 1.44. The number of thioether (sulfide) groups is 1. The number of aryl methyl sites for hydroxylation is 1. The molecule has 0 saturated heterocycles. The molecule has 1 heterocycles. The third-order valence-corrected chi connectivity index (χ3v) is 5.70. The molecule has 2 aromatic carbocycles. The fourth-order valence-electron chi connectivity index (χ4n) is 3.26. The normalized spacial score (nSPS) is 12.3. The SMILES string of the molecule is CCn1c(SCC(=O)NC(c2ccc(OC)cc2)C(C)C)nc2ccccc21. The molecule has 148 valence electrons. The molecule has 0 radical (unpaired) electrons. The number of carbonyl (C=O) groups excluding carboxylic acids is 1. The van der Waals surface area contributed by atoms with E-state index < -0.39 is 0 Å². The minimum Gasteiger partial charge on any atom is -0.497 e. The first-order valence-electron chi connectivity index (χ1n) is 9.54. The number of para-hydroxylation sites is 2. The maximum absolute atomic E-state index is 12.6. The number of nitrogens with zero attached hydrogens (tertiary/aromatic N) is 2. The van der Waals surface area contributed by atoms with Gasteiger partial charge in [-0.2, -0.15) is 0 Å². The number of methoxy groups -OCH3 is 1. The van der Waals surface area contributed by atoms with E-state index in [9.17, 15) is 4.79 Å². The number of imidazole rings is 1. The Morgan fingerprint density at radius 1 is 1.18 bits per heavy atom. The Morgan fingerprint density at radius 2 is 1.89 bits per heavy atom. The van der Waals surface area contributed by atoms with Crippen LogP contribution in [0.5, 0.6) is 5.75 Å². The highest BCUT2D eigenvalue weighted by molar-refractivity contribution is 7.99. The first-order valence-corrected chi connectivity index (χ1v) is 10.5. The molecule has 0 bridgehead atoms. The van der Waals surface area contributed by atoms with Crippen molar-refractivity contribution in [1.29, 1.82) is 0 Å². The standard InChI is InChI=1S/C22H27N3O2S/c1-5-25-19-9-7-6-8-18(19)23-22(25)28-14-20(26)24-21(15(2)3)16-10-12-17(27-4)13-11-16/h6-13,15,21H,5,14H2,1-4H3,(H,24,26). The van der Waals surface area contributed by atoms with Gasteiger partial charge in [-0.05, 0) is 42.7 Å². The van der Waals surface area contributed by atoms with Crippen molar-refractivity contribution in [2.24, 2.45) is 5.92 Å². The molecule has 0 saturated carbocycles. The zero-order chi connectivity index (χ0) is 20.1. The zero-order valence-electron chi connectivity index (χ0n) is 16.8. The molecule has 1 unspecified atom stereocenters. The molecule has 28 heavy (non-hydrogen) atoms. The minimum atomic E-state index is -0.0380. The van der Waals surface area contributed by atoms with Gasteiger partial charge in [-0.3, -0.25) is 4.79 Å². The fourth-order valence-corrected chi connectivity index (χ4v) is 4.15. The number of hydrogen-bond donors (Lipinski definition) is 1. The Hall–Kier alpha value is -2.47. The van der Waals surface area contributed by atoms with Crippen LogP contribution in [0.4, 0.5) is 0 Å². The topological polar surface area (TPSA) is 56.2 Å². The van der Waals surface area contributed by atoms with Crippen LogP contribution in [-0.2, 0) is 11.3 Å². The molecule has 1 atom stereocenters. The summed E-state index contributed by atoms with van der Waals surface area (Å²) in [5.41, 5.74) is 3.15. The van der Waals surface area contributed by atoms with Crippen LogP contribution in [0.25, 0.3) is 11.0 Å². The minimum absolute atomic E-state index is 0.00854. The summed E-state index contributed by atoms with van der Waals surface area (Å²) in [4.78, 5) is 17.3. The van der Waals surface area contributed by atoms with E-state index >= 15 is 0 Å². The number of aromatic nitrogens is 2. The largest absolute Gasteiger partial charge is 0.497 e. The van der Waals surface area contributed by atoms with Crippen LogP contribution in [0.1, 0.15) is 32.4 Å². The van der Waals surface area contributed by atoms with Gasteiger partial charge >= 0.3 is 0 Å². The first-order chi connectivity index (χ1) is 13.5. The van der Waals surface area contributed by atoms with Crippen LogP contribution in [0.2, 0.25) is 0 Å². The van der Waals surface area contributed by atoms with Crippen molar-refractivity contribution in [2.75, 3.05) is 12.9 Å². The van der Waals surface area contributed by atoms with Gasteiger partial charge in [0.2, 0.25) is 5.91 Å². The van der Waals surface area contributed by atoms with E-state index in [4.69, 9.17) is 4.74 Å². The van der Waals surface area contributed by atoms with Gasteiger partial charge in [0, 0.05) is 6.54 Å². The lowest BCUT2D eigenvalue weighted by molar-refractivity contribution is -0.119. The van der Waals surface area contributed by atoms with Crippen LogP contribution in [-0.4, -0.2) is 28.3 Å². The molecule has 0 spiro atoms. The smallest absolute Gasteiger partial charge is 0.230 e. The number of fused-ring (bicyclic) bond motifs is 1. The maximum Gasteiger partial charge on any atom is 0.230 e. The third-order valence-electron chi connectivity index (χ3n) is 4.73. The molecule has 1 aromatic heterocycles. The van der Waals surface area contributed by atoms with Gasteiger partial charge < -0.3 is 14.6 Å². The van der Waals surface area contributed by atoms with Crippen LogP contribution in [0, 0.1) is 5.92 Å². The molecule has 1 N–H and O–H groups in total. The van der Waals surface area contributed by atoms with Crippen LogP contribution >= 0.6 is 11.8 Å². The molecule has 0 aliphatic heterocycles. The summed E-state index contributed by atoms with van der Waals surface area (Å²) >= 11 is 1.48. The second-order valence-electron chi connectivity index (χ2n) is 6.98. The summed E-state index contributed by atoms with van der Waals surface area (Å²) in [7, 11) is 1.65. The van der Waals surface area contributed by atoms with Crippen molar-refractivity contribution in [2.45, 2.75) is 38.5 Å². The van der Waals surface area contributed by atoms with Gasteiger partial charge in [0.25, 0.3) is 0 Å². The second kappa shape index (κ2) is 9.15. The van der Waals surface area contributed by atoms with E-state index in [1.54, 1.807) is 7.11 Å². The highest BCUT2D eigenvalue weighted by Crippen LogP contribution is 2.26. The van der Waals surface area contributed by atoms with Crippen molar-refractivity contribution in [3.63, 3.8) is 0 Å². The van der Waals surface area contributed by atoms with Crippen molar-refractivity contribution < 1.29 is 9.53 Å². The van der Waals surface area contributed by atoms with Crippen LogP contribution in [0.15, 0.2) is 53.7 Å². The molecular weight excluding hydrogens is 370 g/mol. The van der Waals surface area contributed by atoms with Crippen molar-refractivity contribution in [3.8, 4) is 5.75 Å². The lowest BCUT2D eigenvalue weighted by Gasteiger charge is -2.23. The Morgan fingerprint density at radius 3 is 2.54 bits per heavy atom.